The molecule has 0 radical (unpaired) electrons. The lowest BCUT2D eigenvalue weighted by Crippen LogP contribution is -2.33. The molecule has 0 saturated carbocycles. The van der Waals surface area contributed by atoms with Crippen molar-refractivity contribution in [3.05, 3.63) is 18.0 Å². The predicted octanol–water partition coefficient (Wildman–Crippen LogP) is -0.104. The van der Waals surface area contributed by atoms with Crippen LogP contribution in [-0.4, -0.2) is 35.3 Å². The summed E-state index contributed by atoms with van der Waals surface area (Å²) >= 11 is 0. The van der Waals surface area contributed by atoms with Crippen molar-refractivity contribution in [2.45, 2.75) is 18.9 Å². The Hall–Kier alpha value is -1.20. The maximum Gasteiger partial charge on any atom is 0.155 e. The van der Waals surface area contributed by atoms with Crippen LogP contribution in [0, 0.1) is 0 Å². The lowest BCUT2D eigenvalue weighted by Gasteiger charge is -2.08. The van der Waals surface area contributed by atoms with Gasteiger partial charge in [0.25, 0.3) is 0 Å². The van der Waals surface area contributed by atoms with Crippen molar-refractivity contribution >= 4 is 5.78 Å². The number of Topliss-reactive ketones (excluding diaryl/α,β-unsaturated/α-hetero) is 1. The molecule has 2 N–H and O–H groups in total. The molecule has 1 unspecified atom stereocenters. The van der Waals surface area contributed by atoms with Crippen LogP contribution in [0.25, 0.3) is 0 Å². The van der Waals surface area contributed by atoms with Gasteiger partial charge in [0.15, 0.2) is 5.78 Å². The molecule has 1 rings (SSSR count). The van der Waals surface area contributed by atoms with Crippen LogP contribution >= 0.6 is 0 Å². The van der Waals surface area contributed by atoms with Gasteiger partial charge in [-0.15, -0.1) is 0 Å². The van der Waals surface area contributed by atoms with Gasteiger partial charge in [0.2, 0.25) is 0 Å². The third-order valence-corrected chi connectivity index (χ3v) is 2.17. The number of carbonyl (C=O) groups is 1. The van der Waals surface area contributed by atoms with E-state index in [4.69, 9.17) is 10.5 Å². The first-order valence-electron chi connectivity index (χ1n) is 4.89. The fourth-order valence-corrected chi connectivity index (χ4v) is 1.27. The molecule has 0 amide bonds. The van der Waals surface area contributed by atoms with Crippen LogP contribution in [-0.2, 0) is 23.0 Å². The quantitative estimate of drug-likeness (QED) is 0.713. The van der Waals surface area contributed by atoms with Crippen LogP contribution in [0.3, 0.4) is 0 Å². The number of nitrogens with zero attached hydrogens (tertiary/aromatic N) is 2. The van der Waals surface area contributed by atoms with Crippen LogP contribution in [0.4, 0.5) is 0 Å². The third-order valence-electron chi connectivity index (χ3n) is 2.17. The van der Waals surface area contributed by atoms with Crippen molar-refractivity contribution in [1.82, 2.24) is 9.78 Å². The Morgan fingerprint density at radius 2 is 2.47 bits per heavy atom. The van der Waals surface area contributed by atoms with Gasteiger partial charge in [-0.2, -0.15) is 5.10 Å². The van der Waals surface area contributed by atoms with E-state index in [1.807, 2.05) is 19.3 Å². The Morgan fingerprint density at radius 1 is 1.73 bits per heavy atom. The standard InChI is InChI=1S/C10H17N3O2/c1-13-5-3-8(12-13)7-10(14)9(11)4-6-15-2/h3,5,9H,4,6-7,11H2,1-2H3. The van der Waals surface area contributed by atoms with Gasteiger partial charge in [-0.3, -0.25) is 9.48 Å². The molecule has 0 spiro atoms. The average molecular weight is 211 g/mol. The number of rotatable bonds is 6. The number of hydrogen-bond donors (Lipinski definition) is 1. The monoisotopic (exact) mass is 211 g/mol. The van der Waals surface area contributed by atoms with E-state index in [1.54, 1.807) is 11.8 Å². The van der Waals surface area contributed by atoms with E-state index in [-0.39, 0.29) is 5.78 Å². The summed E-state index contributed by atoms with van der Waals surface area (Å²) < 4.78 is 6.53. The Kier molecular flexibility index (Phi) is 4.45. The Labute approximate surface area is 89.2 Å². The molecule has 5 heteroatoms. The summed E-state index contributed by atoms with van der Waals surface area (Å²) in [5, 5.41) is 4.12. The molecule has 1 aromatic heterocycles. The van der Waals surface area contributed by atoms with E-state index < -0.39 is 6.04 Å². The summed E-state index contributed by atoms with van der Waals surface area (Å²) in [7, 11) is 3.41. The number of ketones is 1. The van der Waals surface area contributed by atoms with Crippen LogP contribution < -0.4 is 5.73 Å². The van der Waals surface area contributed by atoms with Gasteiger partial charge in [0.1, 0.15) is 0 Å². The first kappa shape index (κ1) is 11.9. The van der Waals surface area contributed by atoms with Gasteiger partial charge in [0.05, 0.1) is 18.2 Å². The first-order chi connectivity index (χ1) is 7.13. The second-order valence-electron chi connectivity index (χ2n) is 3.51. The molecule has 15 heavy (non-hydrogen) atoms. The number of carbonyl (C=O) groups excluding carboxylic acids is 1. The van der Waals surface area contributed by atoms with Crippen molar-refractivity contribution in [3.63, 3.8) is 0 Å². The third kappa shape index (κ3) is 3.81. The first-order valence-corrected chi connectivity index (χ1v) is 4.89. The molecular formula is C10H17N3O2. The normalized spacial score (nSPS) is 12.7. The van der Waals surface area contributed by atoms with Crippen molar-refractivity contribution in [1.29, 1.82) is 0 Å². The molecule has 1 atom stereocenters. The molecule has 0 aromatic carbocycles. The highest BCUT2D eigenvalue weighted by Gasteiger charge is 2.14. The number of aromatic nitrogens is 2. The Balaban J connectivity index is 2.41. The minimum absolute atomic E-state index is 0.00532. The summed E-state index contributed by atoms with van der Waals surface area (Å²) in [6.45, 7) is 0.509. The van der Waals surface area contributed by atoms with Crippen LogP contribution in [0.2, 0.25) is 0 Å². The summed E-state index contributed by atoms with van der Waals surface area (Å²) in [5.74, 6) is 0.00532. The average Bonchev–Trinajstić information content (AvgIpc) is 2.60. The SMILES string of the molecule is COCCC(N)C(=O)Cc1ccn(C)n1. The molecule has 0 aliphatic rings. The van der Waals surface area contributed by atoms with E-state index in [9.17, 15) is 4.79 Å². The molecule has 0 bridgehead atoms. The lowest BCUT2D eigenvalue weighted by molar-refractivity contribution is -0.120. The van der Waals surface area contributed by atoms with E-state index >= 15 is 0 Å². The number of ether oxygens (including phenoxy) is 1. The molecule has 0 fully saturated rings. The smallest absolute Gasteiger partial charge is 0.155 e. The van der Waals surface area contributed by atoms with Gasteiger partial charge in [0, 0.05) is 27.0 Å². The minimum Gasteiger partial charge on any atom is -0.385 e. The van der Waals surface area contributed by atoms with E-state index in [0.29, 0.717) is 19.4 Å². The summed E-state index contributed by atoms with van der Waals surface area (Å²) in [6, 6.07) is 1.37. The van der Waals surface area contributed by atoms with Gasteiger partial charge < -0.3 is 10.5 Å². The Morgan fingerprint density at radius 3 is 3.00 bits per heavy atom. The predicted molar refractivity (Wildman–Crippen MR) is 56.4 cm³/mol. The number of nitrogens with two attached hydrogens (primary N) is 1. The largest absolute Gasteiger partial charge is 0.385 e. The van der Waals surface area contributed by atoms with Gasteiger partial charge in [-0.05, 0) is 12.5 Å². The molecule has 0 aliphatic carbocycles. The molecule has 0 aliphatic heterocycles. The van der Waals surface area contributed by atoms with Crippen molar-refractivity contribution < 1.29 is 9.53 Å². The Bertz CT molecular complexity index is 322. The van der Waals surface area contributed by atoms with Crippen molar-refractivity contribution in [2.75, 3.05) is 13.7 Å². The van der Waals surface area contributed by atoms with Crippen molar-refractivity contribution in [3.8, 4) is 0 Å². The lowest BCUT2D eigenvalue weighted by atomic mass is 10.1. The van der Waals surface area contributed by atoms with E-state index in [2.05, 4.69) is 5.10 Å². The minimum atomic E-state index is -0.452. The zero-order chi connectivity index (χ0) is 11.3. The zero-order valence-electron chi connectivity index (χ0n) is 9.14. The summed E-state index contributed by atoms with van der Waals surface area (Å²) in [5.41, 5.74) is 6.45. The highest BCUT2D eigenvalue weighted by Crippen LogP contribution is 2.00. The maximum atomic E-state index is 11.6. The molecule has 1 aromatic rings. The molecule has 5 nitrogen and oxygen atoms in total. The summed E-state index contributed by atoms with van der Waals surface area (Å²) in [4.78, 5) is 11.6. The second-order valence-corrected chi connectivity index (χ2v) is 3.51. The summed E-state index contributed by atoms with van der Waals surface area (Å²) in [6.07, 6.45) is 2.66. The van der Waals surface area contributed by atoms with Gasteiger partial charge in [-0.1, -0.05) is 0 Å². The number of hydrogen-bond acceptors (Lipinski definition) is 4. The number of aryl methyl sites for hydroxylation is 1. The highest BCUT2D eigenvalue weighted by atomic mass is 16.5. The van der Waals surface area contributed by atoms with Crippen LogP contribution in [0.1, 0.15) is 12.1 Å². The number of methoxy groups -OCH3 is 1. The van der Waals surface area contributed by atoms with Gasteiger partial charge >= 0.3 is 0 Å². The van der Waals surface area contributed by atoms with Crippen LogP contribution in [0.5, 0.6) is 0 Å². The van der Waals surface area contributed by atoms with Crippen molar-refractivity contribution in [2.24, 2.45) is 12.8 Å². The fourth-order valence-electron chi connectivity index (χ4n) is 1.27. The van der Waals surface area contributed by atoms with E-state index in [1.165, 1.54) is 0 Å². The highest BCUT2D eigenvalue weighted by molar-refractivity contribution is 5.85. The topological polar surface area (TPSA) is 70.1 Å². The van der Waals surface area contributed by atoms with Crippen LogP contribution in [0.15, 0.2) is 12.3 Å². The molecule has 0 saturated heterocycles. The van der Waals surface area contributed by atoms with Gasteiger partial charge in [-0.25, -0.2) is 0 Å². The molecular weight excluding hydrogens is 194 g/mol. The molecule has 84 valence electrons. The zero-order valence-corrected chi connectivity index (χ0v) is 9.14. The van der Waals surface area contributed by atoms with E-state index in [0.717, 1.165) is 5.69 Å². The fraction of sp³-hybridized carbons (Fsp3) is 0.600. The maximum absolute atomic E-state index is 11.6. The molecule has 1 heterocycles. The second kappa shape index (κ2) is 5.63.